The molecular formula is C20H22BrN3O3. The minimum Gasteiger partial charge on any atom is -0.385 e. The van der Waals surface area contributed by atoms with Gasteiger partial charge in [0, 0.05) is 41.7 Å². The highest BCUT2D eigenvalue weighted by atomic mass is 79.9. The third-order valence-corrected chi connectivity index (χ3v) is 5.20. The summed E-state index contributed by atoms with van der Waals surface area (Å²) in [5, 5.41) is 0.490. The number of benzene rings is 1. The Balaban J connectivity index is 1.88. The molecular weight excluding hydrogens is 410 g/mol. The van der Waals surface area contributed by atoms with Crippen LogP contribution in [0.3, 0.4) is 0 Å². The van der Waals surface area contributed by atoms with Crippen molar-refractivity contribution in [1.82, 2.24) is 14.1 Å². The van der Waals surface area contributed by atoms with Gasteiger partial charge in [0.1, 0.15) is 0 Å². The van der Waals surface area contributed by atoms with Crippen molar-refractivity contribution in [3.8, 4) is 0 Å². The van der Waals surface area contributed by atoms with Crippen molar-refractivity contribution in [2.75, 3.05) is 13.7 Å². The number of rotatable bonds is 7. The molecule has 0 aliphatic carbocycles. The van der Waals surface area contributed by atoms with Crippen LogP contribution in [0.1, 0.15) is 28.2 Å². The molecule has 0 aliphatic rings. The van der Waals surface area contributed by atoms with Crippen molar-refractivity contribution >= 4 is 32.6 Å². The van der Waals surface area contributed by atoms with E-state index in [9.17, 15) is 9.59 Å². The number of carbonyl (C=O) groups is 1. The summed E-state index contributed by atoms with van der Waals surface area (Å²) in [6.07, 6.45) is 2.32. The number of ether oxygens (including phenoxy) is 1. The largest absolute Gasteiger partial charge is 0.385 e. The highest BCUT2D eigenvalue weighted by Gasteiger charge is 2.17. The lowest BCUT2D eigenvalue weighted by molar-refractivity contribution is 0.0970. The Morgan fingerprint density at radius 2 is 2.04 bits per heavy atom. The number of Topliss-reactive ketones (excluding diaryl/α,β-unsaturated/α-hetero) is 1. The van der Waals surface area contributed by atoms with Gasteiger partial charge in [-0.15, -0.1) is 0 Å². The van der Waals surface area contributed by atoms with Crippen LogP contribution in [0, 0.1) is 13.8 Å². The third-order valence-electron chi connectivity index (χ3n) is 4.70. The lowest BCUT2D eigenvalue weighted by atomic mass is 10.1. The van der Waals surface area contributed by atoms with Crippen LogP contribution in [0.2, 0.25) is 0 Å². The Morgan fingerprint density at radius 3 is 2.78 bits per heavy atom. The fourth-order valence-corrected chi connectivity index (χ4v) is 3.64. The van der Waals surface area contributed by atoms with Crippen molar-refractivity contribution in [2.45, 2.75) is 33.4 Å². The first-order valence-electron chi connectivity index (χ1n) is 8.76. The predicted molar refractivity (Wildman–Crippen MR) is 108 cm³/mol. The summed E-state index contributed by atoms with van der Waals surface area (Å²) in [6, 6.07) is 7.23. The average molecular weight is 432 g/mol. The van der Waals surface area contributed by atoms with Gasteiger partial charge >= 0.3 is 0 Å². The van der Waals surface area contributed by atoms with Crippen molar-refractivity contribution in [1.29, 1.82) is 0 Å². The molecule has 2 heterocycles. The fraction of sp³-hybridized carbons (Fsp3) is 0.350. The average Bonchev–Trinajstić information content (AvgIpc) is 2.93. The smallest absolute Gasteiger partial charge is 0.261 e. The fourth-order valence-electron chi connectivity index (χ4n) is 3.28. The second-order valence-corrected chi connectivity index (χ2v) is 7.46. The zero-order valence-electron chi connectivity index (χ0n) is 15.7. The van der Waals surface area contributed by atoms with E-state index in [0.717, 1.165) is 28.8 Å². The predicted octanol–water partition coefficient (Wildman–Crippen LogP) is 3.50. The van der Waals surface area contributed by atoms with Gasteiger partial charge < -0.3 is 9.30 Å². The zero-order valence-corrected chi connectivity index (χ0v) is 17.2. The summed E-state index contributed by atoms with van der Waals surface area (Å²) in [7, 11) is 1.68. The molecule has 0 spiro atoms. The topological polar surface area (TPSA) is 66.1 Å². The van der Waals surface area contributed by atoms with Gasteiger partial charge in [-0.1, -0.05) is 15.9 Å². The molecule has 0 atom stereocenters. The Labute approximate surface area is 165 Å². The van der Waals surface area contributed by atoms with Crippen LogP contribution in [0.5, 0.6) is 0 Å². The minimum atomic E-state index is -0.219. The number of aryl methyl sites for hydroxylation is 1. The first-order chi connectivity index (χ1) is 12.9. The van der Waals surface area contributed by atoms with Crippen molar-refractivity contribution in [2.24, 2.45) is 0 Å². The standard InChI is InChI=1S/C20H22BrN3O3/c1-13-9-16(14(2)24(13)7-4-8-27-3)19(25)11-23-12-22-18-6-5-15(21)10-17(18)20(23)26/h5-6,9-10,12H,4,7-8,11H2,1-3H3. The van der Waals surface area contributed by atoms with Gasteiger partial charge in [0.15, 0.2) is 5.78 Å². The molecule has 0 saturated carbocycles. The van der Waals surface area contributed by atoms with Crippen molar-refractivity contribution in [3.05, 3.63) is 62.4 Å². The van der Waals surface area contributed by atoms with Crippen molar-refractivity contribution < 1.29 is 9.53 Å². The summed E-state index contributed by atoms with van der Waals surface area (Å²) in [5.74, 6) is -0.0978. The first kappa shape index (κ1) is 19.5. The summed E-state index contributed by atoms with van der Waals surface area (Å²) >= 11 is 3.37. The summed E-state index contributed by atoms with van der Waals surface area (Å²) in [5.41, 5.74) is 2.98. The molecule has 27 heavy (non-hydrogen) atoms. The van der Waals surface area contributed by atoms with Crippen LogP contribution in [0.4, 0.5) is 0 Å². The molecule has 0 unspecified atom stereocenters. The van der Waals surface area contributed by atoms with Gasteiger partial charge in [0.25, 0.3) is 5.56 Å². The lowest BCUT2D eigenvalue weighted by Gasteiger charge is -2.10. The number of halogens is 1. The zero-order chi connectivity index (χ0) is 19.6. The van der Waals surface area contributed by atoms with Gasteiger partial charge in [-0.05, 0) is 44.5 Å². The molecule has 0 fully saturated rings. The highest BCUT2D eigenvalue weighted by Crippen LogP contribution is 2.18. The molecule has 0 amide bonds. The highest BCUT2D eigenvalue weighted by molar-refractivity contribution is 9.10. The third kappa shape index (κ3) is 4.04. The van der Waals surface area contributed by atoms with E-state index in [4.69, 9.17) is 4.74 Å². The minimum absolute atomic E-state index is 0.0311. The number of fused-ring (bicyclic) bond motifs is 1. The molecule has 0 radical (unpaired) electrons. The van der Waals surface area contributed by atoms with Crippen LogP contribution in [-0.2, 0) is 17.8 Å². The SMILES string of the molecule is COCCCn1c(C)cc(C(=O)Cn2cnc3ccc(Br)cc3c2=O)c1C. The first-order valence-corrected chi connectivity index (χ1v) is 9.55. The van der Waals surface area contributed by atoms with Gasteiger partial charge in [-0.3, -0.25) is 14.2 Å². The van der Waals surface area contributed by atoms with Gasteiger partial charge in [-0.25, -0.2) is 4.98 Å². The molecule has 3 aromatic rings. The summed E-state index contributed by atoms with van der Waals surface area (Å²) < 4.78 is 9.39. The Bertz CT molecular complexity index is 1050. The quantitative estimate of drug-likeness (QED) is 0.424. The van der Waals surface area contributed by atoms with Crippen LogP contribution in [0.25, 0.3) is 10.9 Å². The van der Waals surface area contributed by atoms with E-state index < -0.39 is 0 Å². The van der Waals surface area contributed by atoms with E-state index in [0.29, 0.717) is 23.1 Å². The van der Waals surface area contributed by atoms with Crippen LogP contribution in [-0.4, -0.2) is 33.6 Å². The maximum atomic E-state index is 12.9. The van der Waals surface area contributed by atoms with E-state index in [-0.39, 0.29) is 17.9 Å². The molecule has 6 nitrogen and oxygen atoms in total. The molecule has 0 saturated heterocycles. The maximum absolute atomic E-state index is 12.9. The number of hydrogen-bond acceptors (Lipinski definition) is 4. The Kier molecular flexibility index (Phi) is 5.92. The lowest BCUT2D eigenvalue weighted by Crippen LogP contribution is -2.25. The molecule has 7 heteroatoms. The number of aromatic nitrogens is 3. The maximum Gasteiger partial charge on any atom is 0.261 e. The number of methoxy groups -OCH3 is 1. The second kappa shape index (κ2) is 8.19. The summed E-state index contributed by atoms with van der Waals surface area (Å²) in [4.78, 5) is 29.9. The number of nitrogens with zero attached hydrogens (tertiary/aromatic N) is 3. The number of hydrogen-bond donors (Lipinski definition) is 0. The van der Waals surface area contributed by atoms with E-state index in [1.54, 1.807) is 19.2 Å². The van der Waals surface area contributed by atoms with Gasteiger partial charge in [-0.2, -0.15) is 0 Å². The Hall–Kier alpha value is -2.25. The van der Waals surface area contributed by atoms with E-state index in [2.05, 4.69) is 25.5 Å². The molecule has 0 aliphatic heterocycles. The molecule has 1 aromatic carbocycles. The van der Waals surface area contributed by atoms with Crippen LogP contribution >= 0.6 is 15.9 Å². The normalized spacial score (nSPS) is 11.3. The van der Waals surface area contributed by atoms with Crippen LogP contribution < -0.4 is 5.56 Å². The second-order valence-electron chi connectivity index (χ2n) is 6.55. The van der Waals surface area contributed by atoms with Crippen LogP contribution in [0.15, 0.2) is 39.9 Å². The monoisotopic (exact) mass is 431 g/mol. The van der Waals surface area contributed by atoms with Gasteiger partial charge in [0.2, 0.25) is 0 Å². The Morgan fingerprint density at radius 1 is 1.26 bits per heavy atom. The van der Waals surface area contributed by atoms with E-state index in [1.807, 2.05) is 26.0 Å². The molecule has 0 N–H and O–H groups in total. The van der Waals surface area contributed by atoms with Crippen molar-refractivity contribution in [3.63, 3.8) is 0 Å². The number of carbonyl (C=O) groups excluding carboxylic acids is 1. The molecule has 3 rings (SSSR count). The van der Waals surface area contributed by atoms with E-state index in [1.165, 1.54) is 10.9 Å². The molecule has 2 aromatic heterocycles. The number of ketones is 1. The molecule has 0 bridgehead atoms. The summed E-state index contributed by atoms with van der Waals surface area (Å²) in [6.45, 7) is 5.36. The van der Waals surface area contributed by atoms with Gasteiger partial charge in [0.05, 0.1) is 23.8 Å². The molecule has 142 valence electrons. The van der Waals surface area contributed by atoms with E-state index >= 15 is 0 Å².